The van der Waals surface area contributed by atoms with Gasteiger partial charge in [0.25, 0.3) is 5.79 Å². The Hall–Kier alpha value is -2.23. The maximum atomic E-state index is 12.3. The molecule has 1 aromatic rings. The summed E-state index contributed by atoms with van der Waals surface area (Å²) in [5.41, 5.74) is -0.854. The van der Waals surface area contributed by atoms with E-state index in [-0.39, 0.29) is 10.0 Å². The first-order chi connectivity index (χ1) is 10.9. The smallest absolute Gasteiger partial charge is 0.504 e. The van der Waals surface area contributed by atoms with Gasteiger partial charge in [0, 0.05) is 23.9 Å². The Balaban J connectivity index is 2.46. The summed E-state index contributed by atoms with van der Waals surface area (Å²) in [5.74, 6) is -5.34. The molecular weight excluding hydrogens is 401 g/mol. The minimum atomic E-state index is -5.03. The largest absolute Gasteiger partial charge is 0.573 e. The summed E-state index contributed by atoms with van der Waals surface area (Å²) < 4.78 is 50.5. The van der Waals surface area contributed by atoms with Crippen LogP contribution >= 0.6 is 15.9 Å². The number of esters is 2. The zero-order valence-corrected chi connectivity index (χ0v) is 13.8. The Kier molecular flexibility index (Phi) is 4.53. The molecule has 0 aromatic heterocycles. The first-order valence-corrected chi connectivity index (χ1v) is 7.14. The predicted molar refractivity (Wildman–Crippen MR) is 76.7 cm³/mol. The van der Waals surface area contributed by atoms with Crippen LogP contribution < -0.4 is 4.74 Å². The molecule has 1 aliphatic rings. The van der Waals surface area contributed by atoms with Gasteiger partial charge in [-0.25, -0.2) is 9.59 Å². The van der Waals surface area contributed by atoms with E-state index in [1.807, 2.05) is 0 Å². The highest BCUT2D eigenvalue weighted by Gasteiger charge is 2.39. The van der Waals surface area contributed by atoms with Crippen LogP contribution in [0.15, 0.2) is 22.2 Å². The topological polar surface area (TPSA) is 82.1 Å². The normalized spacial score (nSPS) is 17.2. The number of rotatable bonds is 2. The lowest BCUT2D eigenvalue weighted by Crippen LogP contribution is -2.41. The van der Waals surface area contributed by atoms with Gasteiger partial charge in [0.1, 0.15) is 5.57 Å². The number of alkyl halides is 3. The number of halogens is 4. The quantitative estimate of drug-likeness (QED) is 0.457. The fourth-order valence-electron chi connectivity index (χ4n) is 1.84. The van der Waals surface area contributed by atoms with Gasteiger partial charge in [-0.3, -0.25) is 0 Å². The molecule has 1 N–H and O–H groups in total. The lowest BCUT2D eigenvalue weighted by Gasteiger charge is -2.29. The standard InChI is InChI=1S/C14H10BrF3O6/c1-13(2)23-11(20)8(12(21)24-13)4-6-3-7(15)5-9(10(6)19)22-14(16,17)18/h3-5,19H,1-2H3. The SMILES string of the molecule is CC1(C)OC(=O)C(=Cc2cc(Br)cc(OC(F)(F)F)c2O)C(=O)O1. The summed E-state index contributed by atoms with van der Waals surface area (Å²) in [6.45, 7) is 2.68. The van der Waals surface area contributed by atoms with Crippen molar-refractivity contribution in [3.63, 3.8) is 0 Å². The minimum absolute atomic E-state index is 0.115. The second kappa shape index (κ2) is 6.00. The molecule has 24 heavy (non-hydrogen) atoms. The van der Waals surface area contributed by atoms with E-state index >= 15 is 0 Å². The van der Waals surface area contributed by atoms with E-state index in [0.29, 0.717) is 0 Å². The van der Waals surface area contributed by atoms with Gasteiger partial charge in [-0.15, -0.1) is 13.2 Å². The summed E-state index contributed by atoms with van der Waals surface area (Å²) in [7, 11) is 0. The van der Waals surface area contributed by atoms with Crippen molar-refractivity contribution in [2.24, 2.45) is 0 Å². The molecule has 1 aromatic carbocycles. The van der Waals surface area contributed by atoms with Gasteiger partial charge in [-0.2, -0.15) is 0 Å². The number of phenolic OH excluding ortho intramolecular Hbond substituents is 1. The fraction of sp³-hybridized carbons (Fsp3) is 0.286. The van der Waals surface area contributed by atoms with E-state index in [0.717, 1.165) is 12.1 Å². The van der Waals surface area contributed by atoms with Crippen LogP contribution in [0.5, 0.6) is 11.5 Å². The summed E-state index contributed by atoms with van der Waals surface area (Å²) in [6.07, 6.45) is -4.18. The van der Waals surface area contributed by atoms with Crippen molar-refractivity contribution in [2.45, 2.75) is 26.0 Å². The average Bonchev–Trinajstić information content (AvgIpc) is 2.36. The van der Waals surface area contributed by atoms with Gasteiger partial charge in [0.15, 0.2) is 11.5 Å². The minimum Gasteiger partial charge on any atom is -0.504 e. The molecule has 1 fully saturated rings. The molecule has 0 unspecified atom stereocenters. The van der Waals surface area contributed by atoms with Crippen molar-refractivity contribution >= 4 is 33.9 Å². The Morgan fingerprint density at radius 2 is 1.75 bits per heavy atom. The number of hydrogen-bond donors (Lipinski definition) is 1. The van der Waals surface area contributed by atoms with Crippen molar-refractivity contribution in [3.8, 4) is 11.5 Å². The fourth-order valence-corrected chi connectivity index (χ4v) is 2.30. The number of phenols is 1. The van der Waals surface area contributed by atoms with Crippen molar-refractivity contribution in [2.75, 3.05) is 0 Å². The molecule has 0 aliphatic carbocycles. The maximum absolute atomic E-state index is 12.3. The molecule has 0 radical (unpaired) electrons. The molecular formula is C14H10BrF3O6. The molecule has 1 aliphatic heterocycles. The summed E-state index contributed by atoms with van der Waals surface area (Å²) in [5, 5.41) is 9.89. The van der Waals surface area contributed by atoms with Crippen molar-refractivity contribution in [3.05, 3.63) is 27.7 Å². The summed E-state index contributed by atoms with van der Waals surface area (Å²) in [4.78, 5) is 23.7. The Labute approximate surface area is 141 Å². The lowest BCUT2D eigenvalue weighted by molar-refractivity contribution is -0.275. The van der Waals surface area contributed by atoms with Crippen LogP contribution in [-0.2, 0) is 19.1 Å². The lowest BCUT2D eigenvalue weighted by atomic mass is 10.1. The molecule has 6 nitrogen and oxygen atoms in total. The van der Waals surface area contributed by atoms with E-state index in [2.05, 4.69) is 20.7 Å². The van der Waals surface area contributed by atoms with Crippen molar-refractivity contribution < 1.29 is 42.1 Å². The molecule has 0 saturated carbocycles. The number of hydrogen-bond acceptors (Lipinski definition) is 6. The van der Waals surface area contributed by atoms with Gasteiger partial charge in [-0.1, -0.05) is 15.9 Å². The monoisotopic (exact) mass is 410 g/mol. The highest BCUT2D eigenvalue weighted by molar-refractivity contribution is 9.10. The summed E-state index contributed by atoms with van der Waals surface area (Å²) >= 11 is 2.95. The van der Waals surface area contributed by atoms with Gasteiger partial charge in [0.2, 0.25) is 0 Å². The van der Waals surface area contributed by atoms with E-state index < -0.39 is 41.2 Å². The number of carbonyl (C=O) groups excluding carboxylic acids is 2. The third-order valence-electron chi connectivity index (χ3n) is 2.71. The second-order valence-electron chi connectivity index (χ2n) is 5.13. The first kappa shape index (κ1) is 18.1. The zero-order chi connectivity index (χ0) is 18.3. The maximum Gasteiger partial charge on any atom is 0.573 e. The predicted octanol–water partition coefficient (Wildman–Crippen LogP) is 3.27. The highest BCUT2D eigenvalue weighted by atomic mass is 79.9. The first-order valence-electron chi connectivity index (χ1n) is 6.34. The van der Waals surface area contributed by atoms with E-state index in [4.69, 9.17) is 9.47 Å². The molecule has 0 atom stereocenters. The summed E-state index contributed by atoms with van der Waals surface area (Å²) in [6, 6.07) is 2.07. The van der Waals surface area contributed by atoms with Gasteiger partial charge in [-0.05, 0) is 18.2 Å². The van der Waals surface area contributed by atoms with Crippen molar-refractivity contribution in [1.82, 2.24) is 0 Å². The van der Waals surface area contributed by atoms with Crippen LogP contribution in [0.4, 0.5) is 13.2 Å². The highest BCUT2D eigenvalue weighted by Crippen LogP contribution is 2.38. The van der Waals surface area contributed by atoms with E-state index in [1.165, 1.54) is 19.9 Å². The number of ether oxygens (including phenoxy) is 3. The van der Waals surface area contributed by atoms with Crippen molar-refractivity contribution in [1.29, 1.82) is 0 Å². The van der Waals surface area contributed by atoms with Crippen LogP contribution in [0.1, 0.15) is 19.4 Å². The molecule has 1 saturated heterocycles. The Morgan fingerprint density at radius 3 is 2.25 bits per heavy atom. The Morgan fingerprint density at radius 1 is 1.21 bits per heavy atom. The van der Waals surface area contributed by atoms with Gasteiger partial charge < -0.3 is 19.3 Å². The third kappa shape index (κ3) is 4.19. The van der Waals surface area contributed by atoms with Crippen LogP contribution in [0.3, 0.4) is 0 Å². The average molecular weight is 411 g/mol. The van der Waals surface area contributed by atoms with Crippen LogP contribution in [0.2, 0.25) is 0 Å². The molecule has 0 amide bonds. The molecule has 130 valence electrons. The molecule has 10 heteroatoms. The van der Waals surface area contributed by atoms with E-state index in [1.54, 1.807) is 0 Å². The van der Waals surface area contributed by atoms with E-state index in [9.17, 15) is 27.9 Å². The number of aromatic hydroxyl groups is 1. The number of carbonyl (C=O) groups is 2. The molecule has 2 rings (SSSR count). The van der Waals surface area contributed by atoms with Gasteiger partial charge >= 0.3 is 18.3 Å². The second-order valence-corrected chi connectivity index (χ2v) is 6.04. The third-order valence-corrected chi connectivity index (χ3v) is 3.17. The number of cyclic esters (lactones) is 2. The van der Waals surface area contributed by atoms with Crippen LogP contribution in [0.25, 0.3) is 6.08 Å². The zero-order valence-electron chi connectivity index (χ0n) is 12.2. The molecule has 1 heterocycles. The number of benzene rings is 1. The Bertz CT molecular complexity index is 717. The van der Waals surface area contributed by atoms with Crippen LogP contribution in [0, 0.1) is 0 Å². The molecule has 0 bridgehead atoms. The van der Waals surface area contributed by atoms with Gasteiger partial charge in [0.05, 0.1) is 0 Å². The van der Waals surface area contributed by atoms with Crippen LogP contribution in [-0.4, -0.2) is 29.2 Å². The molecule has 0 spiro atoms.